The Morgan fingerprint density at radius 1 is 1.21 bits per heavy atom. The molecule has 0 atom stereocenters. The molecule has 3 rings (SSSR count). The maximum atomic E-state index is 4.25. The zero-order chi connectivity index (χ0) is 13.2. The van der Waals surface area contributed by atoms with Gasteiger partial charge in [-0.2, -0.15) is 5.10 Å². The van der Waals surface area contributed by atoms with Gasteiger partial charge in [-0.25, -0.2) is 0 Å². The van der Waals surface area contributed by atoms with Crippen LogP contribution in [0.1, 0.15) is 40.9 Å². The van der Waals surface area contributed by atoms with Crippen LogP contribution in [0.4, 0.5) is 5.69 Å². The van der Waals surface area contributed by atoms with Crippen LogP contribution in [0.2, 0.25) is 0 Å². The lowest BCUT2D eigenvalue weighted by Gasteiger charge is -2.20. The van der Waals surface area contributed by atoms with E-state index in [9.17, 15) is 0 Å². The Bertz CT molecular complexity index is 564. The molecule has 0 bridgehead atoms. The predicted molar refractivity (Wildman–Crippen MR) is 78.5 cm³/mol. The number of H-pyrrole nitrogens is 1. The maximum Gasteiger partial charge on any atom is 0.0643 e. The maximum absolute atomic E-state index is 4.25. The monoisotopic (exact) mass is 255 g/mol. The van der Waals surface area contributed by atoms with Gasteiger partial charge in [0.25, 0.3) is 0 Å². The average molecular weight is 255 g/mol. The molecule has 0 saturated carbocycles. The van der Waals surface area contributed by atoms with Crippen molar-refractivity contribution in [3.8, 4) is 0 Å². The highest BCUT2D eigenvalue weighted by Crippen LogP contribution is 2.28. The van der Waals surface area contributed by atoms with Gasteiger partial charge in [0.15, 0.2) is 0 Å². The Morgan fingerprint density at radius 2 is 2.05 bits per heavy atom. The molecule has 0 spiro atoms. The summed E-state index contributed by atoms with van der Waals surface area (Å²) in [7, 11) is 0. The zero-order valence-electron chi connectivity index (χ0n) is 11.7. The number of aryl methyl sites for hydroxylation is 3. The first-order valence-corrected chi connectivity index (χ1v) is 7.11. The van der Waals surface area contributed by atoms with Crippen LogP contribution in [0.15, 0.2) is 18.2 Å². The lowest BCUT2D eigenvalue weighted by molar-refractivity contribution is 0.686. The van der Waals surface area contributed by atoms with E-state index < -0.39 is 0 Å². The van der Waals surface area contributed by atoms with E-state index in [-0.39, 0.29) is 0 Å². The number of aromatic nitrogens is 2. The number of hydrogen-bond acceptors (Lipinski definition) is 2. The Morgan fingerprint density at radius 3 is 2.84 bits per heavy atom. The Labute approximate surface area is 114 Å². The van der Waals surface area contributed by atoms with Crippen LogP contribution in [-0.2, 0) is 19.4 Å². The molecule has 0 aliphatic heterocycles. The molecule has 1 aliphatic rings. The molecule has 3 nitrogen and oxygen atoms in total. The van der Waals surface area contributed by atoms with Gasteiger partial charge in [0.1, 0.15) is 0 Å². The van der Waals surface area contributed by atoms with E-state index in [0.29, 0.717) is 0 Å². The summed E-state index contributed by atoms with van der Waals surface area (Å²) >= 11 is 0. The Kier molecular flexibility index (Phi) is 3.28. The third-order valence-electron chi connectivity index (χ3n) is 4.13. The van der Waals surface area contributed by atoms with Gasteiger partial charge in [-0.15, -0.1) is 0 Å². The molecule has 0 amide bonds. The summed E-state index contributed by atoms with van der Waals surface area (Å²) in [5.74, 6) is 0. The fourth-order valence-electron chi connectivity index (χ4n) is 2.97. The first-order valence-electron chi connectivity index (χ1n) is 7.11. The lowest BCUT2D eigenvalue weighted by Crippen LogP contribution is -2.09. The molecule has 1 aromatic carbocycles. The molecule has 1 aromatic heterocycles. The first-order chi connectivity index (χ1) is 9.25. The van der Waals surface area contributed by atoms with Gasteiger partial charge in [0, 0.05) is 23.5 Å². The normalized spacial score (nSPS) is 14.2. The quantitative estimate of drug-likeness (QED) is 0.881. The van der Waals surface area contributed by atoms with Crippen LogP contribution in [0.5, 0.6) is 0 Å². The smallest absolute Gasteiger partial charge is 0.0643 e. The van der Waals surface area contributed by atoms with Gasteiger partial charge in [0.2, 0.25) is 0 Å². The van der Waals surface area contributed by atoms with Crippen molar-refractivity contribution in [2.45, 2.75) is 46.1 Å². The molecule has 1 heterocycles. The summed E-state index contributed by atoms with van der Waals surface area (Å²) in [5.41, 5.74) is 7.89. The Balaban J connectivity index is 1.81. The minimum atomic E-state index is 0.852. The minimum absolute atomic E-state index is 0.852. The number of hydrogen-bond donors (Lipinski definition) is 2. The topological polar surface area (TPSA) is 40.7 Å². The van der Waals surface area contributed by atoms with Crippen molar-refractivity contribution < 1.29 is 0 Å². The zero-order valence-corrected chi connectivity index (χ0v) is 11.7. The van der Waals surface area contributed by atoms with Crippen molar-refractivity contribution in [3.63, 3.8) is 0 Å². The molecule has 3 heteroatoms. The second-order valence-corrected chi connectivity index (χ2v) is 5.42. The van der Waals surface area contributed by atoms with Gasteiger partial charge in [0.05, 0.1) is 5.69 Å². The highest BCUT2D eigenvalue weighted by molar-refractivity contribution is 5.56. The van der Waals surface area contributed by atoms with E-state index in [4.69, 9.17) is 0 Å². The third kappa shape index (κ3) is 2.37. The van der Waals surface area contributed by atoms with Crippen LogP contribution >= 0.6 is 0 Å². The second-order valence-electron chi connectivity index (χ2n) is 5.42. The van der Waals surface area contributed by atoms with Gasteiger partial charge in [-0.1, -0.05) is 12.1 Å². The highest BCUT2D eigenvalue weighted by atomic mass is 15.1. The molecule has 0 saturated heterocycles. The standard InChI is InChI=1S/C16H21N3/c1-11-15(12(2)19-18-11)10-17-16-9-5-7-13-6-3-4-8-14(13)16/h5,7,9,17H,3-4,6,8,10H2,1-2H3,(H,18,19). The molecule has 1 aliphatic carbocycles. The van der Waals surface area contributed by atoms with Gasteiger partial charge in [-0.05, 0) is 56.7 Å². The van der Waals surface area contributed by atoms with Crippen LogP contribution < -0.4 is 5.32 Å². The van der Waals surface area contributed by atoms with E-state index in [1.807, 2.05) is 0 Å². The number of rotatable bonds is 3. The van der Waals surface area contributed by atoms with Crippen molar-refractivity contribution in [1.82, 2.24) is 10.2 Å². The summed E-state index contributed by atoms with van der Waals surface area (Å²) in [5, 5.41) is 10.9. The molecule has 100 valence electrons. The van der Waals surface area contributed by atoms with Gasteiger partial charge < -0.3 is 5.32 Å². The van der Waals surface area contributed by atoms with E-state index in [2.05, 4.69) is 47.6 Å². The highest BCUT2D eigenvalue weighted by Gasteiger charge is 2.13. The molecule has 2 aromatic rings. The van der Waals surface area contributed by atoms with Crippen molar-refractivity contribution in [2.75, 3.05) is 5.32 Å². The summed E-state index contributed by atoms with van der Waals surface area (Å²) in [6.45, 7) is 4.99. The number of benzene rings is 1. The molecular weight excluding hydrogens is 234 g/mol. The molecule has 19 heavy (non-hydrogen) atoms. The number of nitrogens with zero attached hydrogens (tertiary/aromatic N) is 1. The summed E-state index contributed by atoms with van der Waals surface area (Å²) in [4.78, 5) is 0. The van der Waals surface area contributed by atoms with Crippen LogP contribution in [0.25, 0.3) is 0 Å². The number of anilines is 1. The fourth-order valence-corrected chi connectivity index (χ4v) is 2.97. The SMILES string of the molecule is Cc1n[nH]c(C)c1CNc1cccc2c1CCCC2. The largest absolute Gasteiger partial charge is 0.381 e. The Hall–Kier alpha value is -1.77. The van der Waals surface area contributed by atoms with Crippen molar-refractivity contribution in [3.05, 3.63) is 46.3 Å². The molecule has 0 fully saturated rings. The van der Waals surface area contributed by atoms with E-state index in [0.717, 1.165) is 17.9 Å². The van der Waals surface area contributed by atoms with Crippen molar-refractivity contribution in [2.24, 2.45) is 0 Å². The first kappa shape index (κ1) is 12.3. The molecule has 0 unspecified atom stereocenters. The predicted octanol–water partition coefficient (Wildman–Crippen LogP) is 3.52. The number of aromatic amines is 1. The van der Waals surface area contributed by atoms with Crippen LogP contribution in [0, 0.1) is 13.8 Å². The van der Waals surface area contributed by atoms with Gasteiger partial charge in [-0.3, -0.25) is 5.10 Å². The molecule has 0 radical (unpaired) electrons. The van der Waals surface area contributed by atoms with Crippen LogP contribution in [-0.4, -0.2) is 10.2 Å². The number of nitrogens with one attached hydrogen (secondary N) is 2. The van der Waals surface area contributed by atoms with E-state index >= 15 is 0 Å². The third-order valence-corrected chi connectivity index (χ3v) is 4.13. The van der Waals surface area contributed by atoms with Crippen LogP contribution in [0.3, 0.4) is 0 Å². The number of fused-ring (bicyclic) bond motifs is 1. The minimum Gasteiger partial charge on any atom is -0.381 e. The summed E-state index contributed by atoms with van der Waals surface area (Å²) < 4.78 is 0. The van der Waals surface area contributed by atoms with Crippen molar-refractivity contribution >= 4 is 5.69 Å². The average Bonchev–Trinajstić information content (AvgIpc) is 2.76. The van der Waals surface area contributed by atoms with Crippen molar-refractivity contribution in [1.29, 1.82) is 0 Å². The molecular formula is C16H21N3. The van der Waals surface area contributed by atoms with Gasteiger partial charge >= 0.3 is 0 Å². The fraction of sp³-hybridized carbons (Fsp3) is 0.438. The van der Waals surface area contributed by atoms with E-state index in [1.54, 1.807) is 0 Å². The summed E-state index contributed by atoms with van der Waals surface area (Å²) in [6.07, 6.45) is 5.09. The lowest BCUT2D eigenvalue weighted by atomic mass is 9.90. The molecule has 2 N–H and O–H groups in total. The summed E-state index contributed by atoms with van der Waals surface area (Å²) in [6, 6.07) is 6.64. The second kappa shape index (κ2) is 5.08. The van der Waals surface area contributed by atoms with E-state index in [1.165, 1.54) is 48.1 Å².